The first-order chi connectivity index (χ1) is 8.52. The van der Waals surface area contributed by atoms with Gasteiger partial charge < -0.3 is 10.1 Å². The van der Waals surface area contributed by atoms with Gasteiger partial charge >= 0.3 is 5.97 Å². The molecule has 1 amide bonds. The van der Waals surface area contributed by atoms with Crippen molar-refractivity contribution in [1.82, 2.24) is 5.32 Å². The lowest BCUT2D eigenvalue weighted by Gasteiger charge is -2.08. The summed E-state index contributed by atoms with van der Waals surface area (Å²) in [6.45, 7) is 3.84. The Morgan fingerprint density at radius 3 is 2.67 bits per heavy atom. The van der Waals surface area contributed by atoms with Gasteiger partial charge in [-0.2, -0.15) is 0 Å². The number of amides is 1. The average Bonchev–Trinajstić information content (AvgIpc) is 2.57. The van der Waals surface area contributed by atoms with Crippen LogP contribution in [0.3, 0.4) is 0 Å². The second kappa shape index (κ2) is 7.13. The predicted molar refractivity (Wildman–Crippen MR) is 65.9 cm³/mol. The normalized spacial score (nSPS) is 22.7. The second-order valence-corrected chi connectivity index (χ2v) is 4.78. The van der Waals surface area contributed by atoms with Crippen molar-refractivity contribution in [2.45, 2.75) is 64.5 Å². The molecule has 5 nitrogen and oxygen atoms in total. The van der Waals surface area contributed by atoms with E-state index in [0.717, 1.165) is 19.3 Å². The molecule has 5 heteroatoms. The summed E-state index contributed by atoms with van der Waals surface area (Å²) >= 11 is 0. The third-order valence-electron chi connectivity index (χ3n) is 2.92. The van der Waals surface area contributed by atoms with Crippen LogP contribution in [0.15, 0.2) is 0 Å². The van der Waals surface area contributed by atoms with Crippen LogP contribution < -0.4 is 5.32 Å². The molecule has 0 saturated carbocycles. The SMILES string of the molecule is CCCCCC(=O)CC(=O)N[C@@H]1C[C@@H](C)OC1=O. The zero-order valence-electron chi connectivity index (χ0n) is 11.0. The van der Waals surface area contributed by atoms with Crippen molar-refractivity contribution in [2.24, 2.45) is 0 Å². The number of carbonyl (C=O) groups is 3. The van der Waals surface area contributed by atoms with Crippen LogP contribution in [-0.2, 0) is 19.1 Å². The number of hydrogen-bond donors (Lipinski definition) is 1. The first kappa shape index (κ1) is 14.7. The summed E-state index contributed by atoms with van der Waals surface area (Å²) in [4.78, 5) is 34.3. The summed E-state index contributed by atoms with van der Waals surface area (Å²) in [5.74, 6) is -0.859. The Kier molecular flexibility index (Phi) is 5.82. The van der Waals surface area contributed by atoms with Crippen molar-refractivity contribution in [1.29, 1.82) is 0 Å². The van der Waals surface area contributed by atoms with Crippen LogP contribution in [0.5, 0.6) is 0 Å². The van der Waals surface area contributed by atoms with Crippen LogP contribution in [0, 0.1) is 0 Å². The van der Waals surface area contributed by atoms with Gasteiger partial charge in [0.05, 0.1) is 6.42 Å². The van der Waals surface area contributed by atoms with Gasteiger partial charge in [0.15, 0.2) is 0 Å². The maximum atomic E-state index is 11.6. The summed E-state index contributed by atoms with van der Waals surface area (Å²) in [5, 5.41) is 2.55. The van der Waals surface area contributed by atoms with Crippen LogP contribution in [0.2, 0.25) is 0 Å². The number of rotatable bonds is 7. The number of hydrogen-bond acceptors (Lipinski definition) is 4. The minimum Gasteiger partial charge on any atom is -0.461 e. The highest BCUT2D eigenvalue weighted by Crippen LogP contribution is 2.14. The number of ketones is 1. The number of carbonyl (C=O) groups excluding carboxylic acids is 3. The van der Waals surface area contributed by atoms with E-state index in [4.69, 9.17) is 4.74 Å². The van der Waals surface area contributed by atoms with E-state index in [2.05, 4.69) is 12.2 Å². The maximum absolute atomic E-state index is 11.6. The molecule has 1 aliphatic heterocycles. The molecule has 1 saturated heterocycles. The average molecular weight is 255 g/mol. The number of esters is 1. The third kappa shape index (κ3) is 4.85. The zero-order chi connectivity index (χ0) is 13.5. The third-order valence-corrected chi connectivity index (χ3v) is 2.92. The molecule has 0 aromatic rings. The van der Waals surface area contributed by atoms with E-state index in [1.807, 2.05) is 0 Å². The molecule has 1 aliphatic rings. The van der Waals surface area contributed by atoms with E-state index in [1.165, 1.54) is 0 Å². The molecule has 0 aromatic carbocycles. The van der Waals surface area contributed by atoms with Crippen LogP contribution in [-0.4, -0.2) is 29.8 Å². The summed E-state index contributed by atoms with van der Waals surface area (Å²) in [6, 6.07) is -0.587. The number of Topliss-reactive ketones (excluding diaryl/α,β-unsaturated/α-hetero) is 1. The van der Waals surface area contributed by atoms with E-state index in [-0.39, 0.29) is 24.2 Å². The molecule has 0 unspecified atom stereocenters. The molecule has 1 fully saturated rings. The lowest BCUT2D eigenvalue weighted by molar-refractivity contribution is -0.144. The lowest BCUT2D eigenvalue weighted by Crippen LogP contribution is -2.38. The maximum Gasteiger partial charge on any atom is 0.329 e. The second-order valence-electron chi connectivity index (χ2n) is 4.78. The summed E-state index contributed by atoms with van der Waals surface area (Å²) in [7, 11) is 0. The summed E-state index contributed by atoms with van der Waals surface area (Å²) < 4.78 is 4.92. The zero-order valence-corrected chi connectivity index (χ0v) is 11.0. The van der Waals surface area contributed by atoms with Gasteiger partial charge in [-0.1, -0.05) is 19.8 Å². The minimum absolute atomic E-state index is 0.0691. The van der Waals surface area contributed by atoms with Gasteiger partial charge in [0.1, 0.15) is 17.9 Å². The molecule has 1 N–H and O–H groups in total. The molecule has 0 spiro atoms. The summed E-state index contributed by atoms with van der Waals surface area (Å²) in [5.41, 5.74) is 0. The Labute approximate surface area is 107 Å². The fraction of sp³-hybridized carbons (Fsp3) is 0.769. The molecule has 0 radical (unpaired) electrons. The highest BCUT2D eigenvalue weighted by Gasteiger charge is 2.33. The monoisotopic (exact) mass is 255 g/mol. The molecule has 0 aromatic heterocycles. The van der Waals surface area contributed by atoms with Gasteiger partial charge in [-0.25, -0.2) is 4.79 Å². The van der Waals surface area contributed by atoms with Crippen molar-refractivity contribution < 1.29 is 19.1 Å². The van der Waals surface area contributed by atoms with Gasteiger partial charge in [-0.15, -0.1) is 0 Å². The van der Waals surface area contributed by atoms with Crippen molar-refractivity contribution >= 4 is 17.7 Å². The van der Waals surface area contributed by atoms with Gasteiger partial charge in [-0.3, -0.25) is 9.59 Å². The molecule has 18 heavy (non-hydrogen) atoms. The van der Waals surface area contributed by atoms with Crippen LogP contribution in [0.25, 0.3) is 0 Å². The van der Waals surface area contributed by atoms with Gasteiger partial charge in [0.25, 0.3) is 0 Å². The highest BCUT2D eigenvalue weighted by atomic mass is 16.6. The van der Waals surface area contributed by atoms with E-state index in [1.54, 1.807) is 6.92 Å². The first-order valence-electron chi connectivity index (χ1n) is 6.54. The standard InChI is InChI=1S/C13H21NO4/c1-3-4-5-6-10(15)8-12(16)14-11-7-9(2)18-13(11)17/h9,11H,3-8H2,1-2H3,(H,14,16)/t9-,11-/m1/s1. The van der Waals surface area contributed by atoms with Crippen molar-refractivity contribution in [3.8, 4) is 0 Å². The Hall–Kier alpha value is -1.39. The van der Waals surface area contributed by atoms with E-state index >= 15 is 0 Å². The fourth-order valence-electron chi connectivity index (χ4n) is 1.96. The van der Waals surface area contributed by atoms with Gasteiger partial charge in [0.2, 0.25) is 5.91 Å². The number of unbranched alkanes of at least 4 members (excludes halogenated alkanes) is 2. The lowest BCUT2D eigenvalue weighted by atomic mass is 10.1. The van der Waals surface area contributed by atoms with Gasteiger partial charge in [-0.05, 0) is 13.3 Å². The molecular formula is C13H21NO4. The number of nitrogens with one attached hydrogen (secondary N) is 1. The molecule has 0 bridgehead atoms. The van der Waals surface area contributed by atoms with E-state index in [9.17, 15) is 14.4 Å². The fourth-order valence-corrected chi connectivity index (χ4v) is 1.96. The molecule has 102 valence electrons. The topological polar surface area (TPSA) is 72.5 Å². The largest absolute Gasteiger partial charge is 0.461 e. The van der Waals surface area contributed by atoms with Crippen molar-refractivity contribution in [2.75, 3.05) is 0 Å². The van der Waals surface area contributed by atoms with Crippen molar-refractivity contribution in [3.63, 3.8) is 0 Å². The molecule has 2 atom stereocenters. The molecule has 1 heterocycles. The molecule has 0 aliphatic carbocycles. The predicted octanol–water partition coefficient (Wildman–Crippen LogP) is 1.35. The Morgan fingerprint density at radius 1 is 1.39 bits per heavy atom. The van der Waals surface area contributed by atoms with Crippen LogP contribution in [0.1, 0.15) is 52.4 Å². The first-order valence-corrected chi connectivity index (χ1v) is 6.54. The number of ether oxygens (including phenoxy) is 1. The quantitative estimate of drug-likeness (QED) is 0.423. The van der Waals surface area contributed by atoms with E-state index < -0.39 is 12.0 Å². The Morgan fingerprint density at radius 2 is 2.11 bits per heavy atom. The molecule has 1 rings (SSSR count). The van der Waals surface area contributed by atoms with E-state index in [0.29, 0.717) is 12.8 Å². The smallest absolute Gasteiger partial charge is 0.329 e. The minimum atomic E-state index is -0.587. The number of cyclic esters (lactones) is 1. The van der Waals surface area contributed by atoms with Crippen LogP contribution in [0.4, 0.5) is 0 Å². The van der Waals surface area contributed by atoms with Crippen molar-refractivity contribution in [3.05, 3.63) is 0 Å². The Balaban J connectivity index is 2.25. The molecular weight excluding hydrogens is 234 g/mol. The summed E-state index contributed by atoms with van der Waals surface area (Å²) in [6.07, 6.45) is 3.49. The van der Waals surface area contributed by atoms with Crippen LogP contribution >= 0.6 is 0 Å². The highest BCUT2D eigenvalue weighted by molar-refractivity contribution is 5.99. The Bertz CT molecular complexity index is 327. The van der Waals surface area contributed by atoms with Gasteiger partial charge in [0, 0.05) is 12.8 Å².